The van der Waals surface area contributed by atoms with Gasteiger partial charge in [0.1, 0.15) is 0 Å². The largest absolute Gasteiger partial charge is 0.313 e. The van der Waals surface area contributed by atoms with Crippen LogP contribution in [0.5, 0.6) is 0 Å². The first-order valence-electron chi connectivity index (χ1n) is 6.10. The van der Waals surface area contributed by atoms with Gasteiger partial charge in [0, 0.05) is 11.6 Å². The third-order valence-corrected chi connectivity index (χ3v) is 4.85. The van der Waals surface area contributed by atoms with Crippen LogP contribution < -0.4 is 10.0 Å². The van der Waals surface area contributed by atoms with Crippen molar-refractivity contribution in [3.8, 4) is 0 Å². The smallest absolute Gasteiger partial charge is 0.213 e. The lowest BCUT2D eigenvalue weighted by Crippen LogP contribution is -2.48. The van der Waals surface area contributed by atoms with Crippen molar-refractivity contribution in [1.82, 2.24) is 10.0 Å². The summed E-state index contributed by atoms with van der Waals surface area (Å²) >= 11 is 0. The standard InChI is InChI=1S/C11H24N2O2S/c1-4-11(2,3)13-16(14,15)9-10-7-5-6-8-12-10/h10,12-13H,4-9H2,1-3H3. The molecule has 1 heterocycles. The first-order valence-corrected chi connectivity index (χ1v) is 7.75. The van der Waals surface area contributed by atoms with Gasteiger partial charge in [0.15, 0.2) is 0 Å². The molecule has 0 aromatic rings. The Morgan fingerprint density at radius 3 is 2.56 bits per heavy atom. The Labute approximate surface area is 99.2 Å². The average Bonchev–Trinajstić information content (AvgIpc) is 2.17. The van der Waals surface area contributed by atoms with Gasteiger partial charge in [-0.15, -0.1) is 0 Å². The monoisotopic (exact) mass is 248 g/mol. The molecule has 4 nitrogen and oxygen atoms in total. The number of nitrogens with one attached hydrogen (secondary N) is 2. The van der Waals surface area contributed by atoms with Gasteiger partial charge in [0.25, 0.3) is 0 Å². The van der Waals surface area contributed by atoms with Crippen molar-refractivity contribution in [2.24, 2.45) is 0 Å². The molecule has 1 aliphatic heterocycles. The van der Waals surface area contributed by atoms with Crippen LogP contribution >= 0.6 is 0 Å². The number of piperidine rings is 1. The lowest BCUT2D eigenvalue weighted by atomic mass is 10.0. The molecule has 0 radical (unpaired) electrons. The van der Waals surface area contributed by atoms with Gasteiger partial charge in [-0.1, -0.05) is 13.3 Å². The van der Waals surface area contributed by atoms with Crippen molar-refractivity contribution in [2.75, 3.05) is 12.3 Å². The minimum atomic E-state index is -3.16. The van der Waals surface area contributed by atoms with Crippen molar-refractivity contribution >= 4 is 10.0 Å². The Morgan fingerprint density at radius 2 is 2.06 bits per heavy atom. The summed E-state index contributed by atoms with van der Waals surface area (Å²) in [6.45, 7) is 6.76. The van der Waals surface area contributed by atoms with Crippen LogP contribution in [0, 0.1) is 0 Å². The highest BCUT2D eigenvalue weighted by Crippen LogP contribution is 2.12. The molecule has 5 heteroatoms. The van der Waals surface area contributed by atoms with E-state index in [1.54, 1.807) is 0 Å². The van der Waals surface area contributed by atoms with Crippen LogP contribution in [-0.4, -0.2) is 32.3 Å². The average molecular weight is 248 g/mol. The lowest BCUT2D eigenvalue weighted by molar-refractivity contribution is 0.410. The van der Waals surface area contributed by atoms with E-state index in [-0.39, 0.29) is 17.3 Å². The second-order valence-electron chi connectivity index (χ2n) is 5.27. The summed E-state index contributed by atoms with van der Waals surface area (Å²) in [7, 11) is -3.16. The third kappa shape index (κ3) is 4.80. The van der Waals surface area contributed by atoms with Crippen LogP contribution in [0.15, 0.2) is 0 Å². The number of sulfonamides is 1. The molecule has 1 atom stereocenters. The molecule has 0 bridgehead atoms. The van der Waals surface area contributed by atoms with E-state index in [0.717, 1.165) is 32.2 Å². The summed E-state index contributed by atoms with van der Waals surface area (Å²) in [5.74, 6) is 0.205. The van der Waals surface area contributed by atoms with Gasteiger partial charge < -0.3 is 5.32 Å². The summed E-state index contributed by atoms with van der Waals surface area (Å²) in [5, 5.41) is 3.26. The molecule has 0 spiro atoms. The Morgan fingerprint density at radius 1 is 1.38 bits per heavy atom. The molecule has 16 heavy (non-hydrogen) atoms. The maximum Gasteiger partial charge on any atom is 0.213 e. The molecule has 1 rings (SSSR count). The molecule has 0 saturated carbocycles. The predicted molar refractivity (Wildman–Crippen MR) is 66.9 cm³/mol. The van der Waals surface area contributed by atoms with Crippen molar-refractivity contribution in [3.05, 3.63) is 0 Å². The highest BCUT2D eigenvalue weighted by molar-refractivity contribution is 7.89. The maximum absolute atomic E-state index is 11.9. The van der Waals surface area contributed by atoms with Gasteiger partial charge in [0.05, 0.1) is 5.75 Å². The van der Waals surface area contributed by atoms with Crippen molar-refractivity contribution in [3.63, 3.8) is 0 Å². The third-order valence-electron chi connectivity index (χ3n) is 3.15. The van der Waals surface area contributed by atoms with Crippen LogP contribution in [0.25, 0.3) is 0 Å². The van der Waals surface area contributed by atoms with E-state index in [0.29, 0.717) is 0 Å². The summed E-state index contributed by atoms with van der Waals surface area (Å²) in [6, 6.07) is 0.124. The maximum atomic E-state index is 11.9. The minimum Gasteiger partial charge on any atom is -0.313 e. The molecule has 1 fully saturated rings. The summed E-state index contributed by atoms with van der Waals surface area (Å²) in [6.07, 6.45) is 4.05. The van der Waals surface area contributed by atoms with Crippen molar-refractivity contribution in [1.29, 1.82) is 0 Å². The Kier molecular flexibility index (Phi) is 4.76. The zero-order valence-electron chi connectivity index (χ0n) is 10.5. The fourth-order valence-corrected chi connectivity index (χ4v) is 3.75. The van der Waals surface area contributed by atoms with E-state index in [9.17, 15) is 8.42 Å². The molecule has 0 amide bonds. The Balaban J connectivity index is 2.50. The molecule has 0 aromatic heterocycles. The second-order valence-corrected chi connectivity index (χ2v) is 7.03. The molecule has 1 unspecified atom stereocenters. The molecule has 0 aliphatic carbocycles. The van der Waals surface area contributed by atoms with Crippen LogP contribution in [0.3, 0.4) is 0 Å². The number of hydrogen-bond donors (Lipinski definition) is 2. The quantitative estimate of drug-likeness (QED) is 0.769. The van der Waals surface area contributed by atoms with Crippen molar-refractivity contribution < 1.29 is 8.42 Å². The van der Waals surface area contributed by atoms with Gasteiger partial charge in [-0.3, -0.25) is 0 Å². The van der Waals surface area contributed by atoms with E-state index < -0.39 is 10.0 Å². The van der Waals surface area contributed by atoms with E-state index in [1.165, 1.54) is 0 Å². The topological polar surface area (TPSA) is 58.2 Å². The van der Waals surface area contributed by atoms with Gasteiger partial charge in [-0.05, 0) is 39.7 Å². The van der Waals surface area contributed by atoms with E-state index in [4.69, 9.17) is 0 Å². The van der Waals surface area contributed by atoms with Gasteiger partial charge >= 0.3 is 0 Å². The fraction of sp³-hybridized carbons (Fsp3) is 1.00. The van der Waals surface area contributed by atoms with Gasteiger partial charge in [-0.25, -0.2) is 13.1 Å². The normalized spacial score (nSPS) is 23.3. The molecule has 2 N–H and O–H groups in total. The predicted octanol–water partition coefficient (Wildman–Crippen LogP) is 1.24. The van der Waals surface area contributed by atoms with Crippen LogP contribution in [-0.2, 0) is 10.0 Å². The molecule has 1 aliphatic rings. The van der Waals surface area contributed by atoms with Crippen LogP contribution in [0.4, 0.5) is 0 Å². The lowest BCUT2D eigenvalue weighted by Gasteiger charge is -2.28. The fourth-order valence-electron chi connectivity index (χ4n) is 1.87. The number of hydrogen-bond acceptors (Lipinski definition) is 3. The molecule has 0 aromatic carbocycles. The van der Waals surface area contributed by atoms with Crippen molar-refractivity contribution in [2.45, 2.75) is 58.0 Å². The van der Waals surface area contributed by atoms with Crippen LogP contribution in [0.2, 0.25) is 0 Å². The summed E-state index contributed by atoms with van der Waals surface area (Å²) < 4.78 is 26.6. The molecular weight excluding hydrogens is 224 g/mol. The molecular formula is C11H24N2O2S. The molecule has 96 valence electrons. The van der Waals surface area contributed by atoms with E-state index in [1.807, 2.05) is 20.8 Å². The highest BCUT2D eigenvalue weighted by Gasteiger charge is 2.26. The Bertz CT molecular complexity index is 306. The SMILES string of the molecule is CCC(C)(C)NS(=O)(=O)CC1CCCCN1. The minimum absolute atomic E-state index is 0.124. The highest BCUT2D eigenvalue weighted by atomic mass is 32.2. The van der Waals surface area contributed by atoms with Crippen LogP contribution in [0.1, 0.15) is 46.5 Å². The first-order chi connectivity index (χ1) is 7.35. The van der Waals surface area contributed by atoms with E-state index >= 15 is 0 Å². The van der Waals surface area contributed by atoms with Gasteiger partial charge in [0.2, 0.25) is 10.0 Å². The first kappa shape index (κ1) is 13.9. The van der Waals surface area contributed by atoms with Gasteiger partial charge in [-0.2, -0.15) is 0 Å². The summed E-state index contributed by atoms with van der Waals surface area (Å²) in [5.41, 5.74) is -0.340. The molecule has 1 saturated heterocycles. The Hall–Kier alpha value is -0.130. The number of rotatable bonds is 5. The van der Waals surface area contributed by atoms with E-state index in [2.05, 4.69) is 10.0 Å². The second kappa shape index (κ2) is 5.47. The zero-order valence-corrected chi connectivity index (χ0v) is 11.4. The summed E-state index contributed by atoms with van der Waals surface area (Å²) in [4.78, 5) is 0. The zero-order chi connectivity index (χ0) is 12.2.